The Morgan fingerprint density at radius 3 is 2.30 bits per heavy atom. The zero-order valence-electron chi connectivity index (χ0n) is 14.2. The average molecular weight is 351 g/mol. The van der Waals surface area contributed by atoms with Gasteiger partial charge in [0.05, 0.1) is 27.8 Å². The average Bonchev–Trinajstić information content (AvgIpc) is 2.73. The van der Waals surface area contributed by atoms with Gasteiger partial charge in [-0.15, -0.1) is 0 Å². The minimum atomic E-state index is -0.400. The number of hydrogen-bond acceptors (Lipinski definition) is 4. The van der Waals surface area contributed by atoms with Gasteiger partial charge in [0.25, 0.3) is 5.69 Å². The molecule has 0 aliphatic carbocycles. The highest BCUT2D eigenvalue weighted by atomic mass is 16.6. The summed E-state index contributed by atoms with van der Waals surface area (Å²) in [7, 11) is 0. The molecule has 128 valence electrons. The SMILES string of the molecule is N#Cc1ccc(-c2cc(-c3ccccc3)c3cc([N+](=O)[O-])ccc3n2)cc1. The lowest BCUT2D eigenvalue weighted by atomic mass is 9.98. The van der Waals surface area contributed by atoms with Crippen LogP contribution in [0.5, 0.6) is 0 Å². The van der Waals surface area contributed by atoms with Crippen molar-refractivity contribution in [3.05, 3.63) is 94.5 Å². The smallest absolute Gasteiger partial charge is 0.258 e. The first-order valence-electron chi connectivity index (χ1n) is 8.31. The van der Waals surface area contributed by atoms with E-state index in [-0.39, 0.29) is 5.69 Å². The van der Waals surface area contributed by atoms with E-state index in [1.54, 1.807) is 24.3 Å². The molecule has 0 radical (unpaired) electrons. The third kappa shape index (κ3) is 3.12. The Morgan fingerprint density at radius 1 is 0.889 bits per heavy atom. The van der Waals surface area contributed by atoms with Gasteiger partial charge in [0.1, 0.15) is 0 Å². The fourth-order valence-electron chi connectivity index (χ4n) is 3.05. The predicted molar refractivity (Wildman–Crippen MR) is 104 cm³/mol. The second-order valence-electron chi connectivity index (χ2n) is 6.07. The van der Waals surface area contributed by atoms with Crippen LogP contribution in [0.15, 0.2) is 78.9 Å². The number of nitriles is 1. The Hall–Kier alpha value is -4.04. The van der Waals surface area contributed by atoms with E-state index in [9.17, 15) is 10.1 Å². The van der Waals surface area contributed by atoms with Crippen LogP contribution in [0.2, 0.25) is 0 Å². The minimum Gasteiger partial charge on any atom is -0.258 e. The molecule has 0 aliphatic heterocycles. The van der Waals surface area contributed by atoms with E-state index >= 15 is 0 Å². The summed E-state index contributed by atoms with van der Waals surface area (Å²) in [6.07, 6.45) is 0. The van der Waals surface area contributed by atoms with Crippen molar-refractivity contribution in [2.45, 2.75) is 0 Å². The lowest BCUT2D eigenvalue weighted by Gasteiger charge is -2.10. The maximum atomic E-state index is 11.2. The van der Waals surface area contributed by atoms with Crippen molar-refractivity contribution in [2.75, 3.05) is 0 Å². The number of fused-ring (bicyclic) bond motifs is 1. The summed E-state index contributed by atoms with van der Waals surface area (Å²) >= 11 is 0. The van der Waals surface area contributed by atoms with Crippen LogP contribution in [-0.4, -0.2) is 9.91 Å². The molecule has 0 bridgehead atoms. The van der Waals surface area contributed by atoms with E-state index in [4.69, 9.17) is 5.26 Å². The van der Waals surface area contributed by atoms with Gasteiger partial charge in [0, 0.05) is 23.1 Å². The second-order valence-corrected chi connectivity index (χ2v) is 6.07. The number of nitrogens with zero attached hydrogens (tertiary/aromatic N) is 3. The highest BCUT2D eigenvalue weighted by molar-refractivity contribution is 5.97. The summed E-state index contributed by atoms with van der Waals surface area (Å²) in [5.74, 6) is 0. The van der Waals surface area contributed by atoms with Gasteiger partial charge in [-0.2, -0.15) is 5.26 Å². The lowest BCUT2D eigenvalue weighted by Crippen LogP contribution is -1.93. The lowest BCUT2D eigenvalue weighted by molar-refractivity contribution is -0.384. The van der Waals surface area contributed by atoms with Gasteiger partial charge < -0.3 is 0 Å². The molecule has 4 rings (SSSR count). The molecule has 27 heavy (non-hydrogen) atoms. The van der Waals surface area contributed by atoms with Crippen molar-refractivity contribution in [3.8, 4) is 28.5 Å². The highest BCUT2D eigenvalue weighted by Gasteiger charge is 2.13. The first kappa shape index (κ1) is 16.4. The maximum Gasteiger partial charge on any atom is 0.270 e. The number of pyridine rings is 1. The molecule has 0 saturated carbocycles. The molecule has 0 atom stereocenters. The van der Waals surface area contributed by atoms with Crippen LogP contribution in [0.4, 0.5) is 5.69 Å². The van der Waals surface area contributed by atoms with E-state index in [0.29, 0.717) is 11.1 Å². The van der Waals surface area contributed by atoms with Crippen LogP contribution in [-0.2, 0) is 0 Å². The van der Waals surface area contributed by atoms with Crippen LogP contribution in [0.1, 0.15) is 5.56 Å². The zero-order valence-corrected chi connectivity index (χ0v) is 14.2. The van der Waals surface area contributed by atoms with E-state index < -0.39 is 4.92 Å². The van der Waals surface area contributed by atoms with Crippen molar-refractivity contribution in [1.29, 1.82) is 5.26 Å². The van der Waals surface area contributed by atoms with Crippen LogP contribution in [0, 0.1) is 21.4 Å². The van der Waals surface area contributed by atoms with Gasteiger partial charge in [0.15, 0.2) is 0 Å². The largest absolute Gasteiger partial charge is 0.270 e. The summed E-state index contributed by atoms with van der Waals surface area (Å²) in [5, 5.41) is 20.9. The van der Waals surface area contributed by atoms with E-state index in [1.165, 1.54) is 6.07 Å². The second kappa shape index (κ2) is 6.70. The van der Waals surface area contributed by atoms with Gasteiger partial charge in [0.2, 0.25) is 0 Å². The molecule has 0 aliphatic rings. The Kier molecular flexibility index (Phi) is 4.07. The fraction of sp³-hybridized carbons (Fsp3) is 0. The van der Waals surface area contributed by atoms with Gasteiger partial charge >= 0.3 is 0 Å². The third-order valence-electron chi connectivity index (χ3n) is 4.40. The summed E-state index contributed by atoms with van der Waals surface area (Å²) in [6.45, 7) is 0. The van der Waals surface area contributed by atoms with E-state index in [1.807, 2.05) is 48.5 Å². The zero-order chi connectivity index (χ0) is 18.8. The van der Waals surface area contributed by atoms with E-state index in [2.05, 4.69) is 11.1 Å². The third-order valence-corrected chi connectivity index (χ3v) is 4.40. The number of rotatable bonds is 3. The number of nitro groups is 1. The summed E-state index contributed by atoms with van der Waals surface area (Å²) in [5.41, 5.74) is 4.77. The molecule has 0 saturated heterocycles. The normalized spacial score (nSPS) is 10.5. The quantitative estimate of drug-likeness (QED) is 0.368. The topological polar surface area (TPSA) is 79.8 Å². The molecule has 3 aromatic carbocycles. The van der Waals surface area contributed by atoms with Crippen molar-refractivity contribution in [3.63, 3.8) is 0 Å². The Labute approximate surface area is 155 Å². The van der Waals surface area contributed by atoms with Gasteiger partial charge in [-0.05, 0) is 35.4 Å². The number of benzene rings is 3. The number of aromatic nitrogens is 1. The van der Waals surface area contributed by atoms with Crippen LogP contribution >= 0.6 is 0 Å². The predicted octanol–water partition coefficient (Wildman–Crippen LogP) is 5.35. The van der Waals surface area contributed by atoms with E-state index in [0.717, 1.165) is 27.8 Å². The Balaban J connectivity index is 1.98. The molecule has 0 amide bonds. The molecule has 4 aromatic rings. The van der Waals surface area contributed by atoms with Gasteiger partial charge in [-0.25, -0.2) is 4.98 Å². The molecule has 5 nitrogen and oxygen atoms in total. The van der Waals surface area contributed by atoms with Crippen LogP contribution < -0.4 is 0 Å². The highest BCUT2D eigenvalue weighted by Crippen LogP contribution is 2.34. The Morgan fingerprint density at radius 2 is 1.63 bits per heavy atom. The molecular weight excluding hydrogens is 338 g/mol. The van der Waals surface area contributed by atoms with Crippen molar-refractivity contribution >= 4 is 16.6 Å². The number of hydrogen-bond donors (Lipinski definition) is 0. The van der Waals surface area contributed by atoms with Crippen molar-refractivity contribution in [2.24, 2.45) is 0 Å². The standard InChI is InChI=1S/C22H13N3O2/c23-14-15-6-8-17(9-7-15)22-13-19(16-4-2-1-3-5-16)20-12-18(25(26)27)10-11-21(20)24-22/h1-13H. The van der Waals surface area contributed by atoms with Crippen LogP contribution in [0.25, 0.3) is 33.3 Å². The van der Waals surface area contributed by atoms with Crippen molar-refractivity contribution < 1.29 is 4.92 Å². The van der Waals surface area contributed by atoms with Crippen molar-refractivity contribution in [1.82, 2.24) is 4.98 Å². The molecule has 1 aromatic heterocycles. The summed E-state index contributed by atoms with van der Waals surface area (Å²) < 4.78 is 0. The Bertz CT molecular complexity index is 1190. The molecule has 0 fully saturated rings. The molecular formula is C22H13N3O2. The maximum absolute atomic E-state index is 11.2. The number of non-ortho nitro benzene ring substituents is 1. The minimum absolute atomic E-state index is 0.0348. The molecule has 5 heteroatoms. The summed E-state index contributed by atoms with van der Waals surface area (Å²) in [4.78, 5) is 15.5. The molecule has 0 spiro atoms. The first-order chi connectivity index (χ1) is 13.2. The number of nitro benzene ring substituents is 1. The van der Waals surface area contributed by atoms with Gasteiger partial charge in [-0.3, -0.25) is 10.1 Å². The molecule has 0 N–H and O–H groups in total. The van der Waals surface area contributed by atoms with Crippen LogP contribution in [0.3, 0.4) is 0 Å². The van der Waals surface area contributed by atoms with Gasteiger partial charge in [-0.1, -0.05) is 42.5 Å². The first-order valence-corrected chi connectivity index (χ1v) is 8.31. The fourth-order valence-corrected chi connectivity index (χ4v) is 3.05. The monoisotopic (exact) mass is 351 g/mol. The molecule has 1 heterocycles. The molecule has 0 unspecified atom stereocenters. The summed E-state index contributed by atoms with van der Waals surface area (Å²) in [6, 6.07) is 25.7.